The van der Waals surface area contributed by atoms with Gasteiger partial charge in [0.1, 0.15) is 0 Å². The Morgan fingerprint density at radius 3 is 2.38 bits per heavy atom. The number of carbonyl (C=O) groups excluding carboxylic acids is 2. The van der Waals surface area contributed by atoms with Crippen LogP contribution < -0.4 is 11.1 Å². The number of nitrogen functional groups attached to an aromatic ring is 1. The zero-order chi connectivity index (χ0) is 18.4. The van der Waals surface area contributed by atoms with Crippen molar-refractivity contribution in [2.24, 2.45) is 0 Å². The molecule has 1 fully saturated rings. The molecule has 2 aromatic rings. The number of amides is 2. The topological polar surface area (TPSA) is 75.4 Å². The Hall–Kier alpha value is -2.82. The summed E-state index contributed by atoms with van der Waals surface area (Å²) in [4.78, 5) is 27.0. The second-order valence-corrected chi connectivity index (χ2v) is 6.69. The molecule has 3 rings (SSSR count). The number of carbonyl (C=O) groups is 2. The predicted octanol–water partition coefficient (Wildman–Crippen LogP) is 3.47. The lowest BCUT2D eigenvalue weighted by Gasteiger charge is -2.27. The fourth-order valence-corrected chi connectivity index (χ4v) is 3.20. The van der Waals surface area contributed by atoms with Gasteiger partial charge >= 0.3 is 0 Å². The van der Waals surface area contributed by atoms with Crippen molar-refractivity contribution < 1.29 is 9.59 Å². The Kier molecular flexibility index (Phi) is 5.89. The lowest BCUT2D eigenvalue weighted by atomic mass is 10.1. The van der Waals surface area contributed by atoms with E-state index in [0.717, 1.165) is 31.5 Å². The van der Waals surface area contributed by atoms with Crippen LogP contribution in [-0.4, -0.2) is 29.8 Å². The zero-order valence-corrected chi connectivity index (χ0v) is 14.9. The zero-order valence-electron chi connectivity index (χ0n) is 14.9. The van der Waals surface area contributed by atoms with Crippen molar-refractivity contribution in [2.45, 2.75) is 32.1 Å². The number of hydrogen-bond donors (Lipinski definition) is 2. The van der Waals surface area contributed by atoms with Crippen molar-refractivity contribution in [1.29, 1.82) is 0 Å². The largest absolute Gasteiger partial charge is 0.399 e. The van der Waals surface area contributed by atoms with Gasteiger partial charge < -0.3 is 16.0 Å². The van der Waals surface area contributed by atoms with E-state index in [1.807, 2.05) is 41.3 Å². The van der Waals surface area contributed by atoms with Gasteiger partial charge in [0, 0.05) is 25.2 Å². The van der Waals surface area contributed by atoms with Crippen LogP contribution in [0.25, 0.3) is 0 Å². The van der Waals surface area contributed by atoms with E-state index in [1.54, 1.807) is 12.1 Å². The molecule has 0 aromatic heterocycles. The van der Waals surface area contributed by atoms with Gasteiger partial charge in [-0.2, -0.15) is 0 Å². The van der Waals surface area contributed by atoms with Crippen molar-refractivity contribution >= 4 is 23.2 Å². The Bertz CT molecular complexity index is 765. The van der Waals surface area contributed by atoms with Gasteiger partial charge in [0.15, 0.2) is 0 Å². The van der Waals surface area contributed by atoms with Gasteiger partial charge in [0.2, 0.25) is 5.91 Å². The first-order chi connectivity index (χ1) is 12.6. The second-order valence-electron chi connectivity index (χ2n) is 6.69. The van der Waals surface area contributed by atoms with Crippen molar-refractivity contribution in [1.82, 2.24) is 4.90 Å². The average Bonchev–Trinajstić information content (AvgIpc) is 2.68. The van der Waals surface area contributed by atoms with Crippen molar-refractivity contribution in [3.63, 3.8) is 0 Å². The smallest absolute Gasteiger partial charge is 0.255 e. The van der Waals surface area contributed by atoms with E-state index in [-0.39, 0.29) is 11.8 Å². The van der Waals surface area contributed by atoms with Gasteiger partial charge in [0.25, 0.3) is 5.91 Å². The summed E-state index contributed by atoms with van der Waals surface area (Å²) in [5.41, 5.74) is 8.60. The standard InChI is InChI=1S/C21H25N3O2/c22-17-11-8-16(9-12-17)10-13-20(25)23-19-7-3-2-6-18(19)21(26)24-14-4-1-5-15-24/h2-3,6-9,11-12H,1,4-5,10,13-15,22H2,(H,23,25). The molecule has 0 bridgehead atoms. The fourth-order valence-electron chi connectivity index (χ4n) is 3.20. The molecular weight excluding hydrogens is 326 g/mol. The summed E-state index contributed by atoms with van der Waals surface area (Å²) in [6.07, 6.45) is 4.25. The number of likely N-dealkylation sites (tertiary alicyclic amines) is 1. The number of nitrogens with two attached hydrogens (primary N) is 1. The van der Waals surface area contributed by atoms with E-state index in [4.69, 9.17) is 5.73 Å². The molecule has 0 spiro atoms. The molecule has 0 aliphatic carbocycles. The number of para-hydroxylation sites is 1. The number of rotatable bonds is 5. The highest BCUT2D eigenvalue weighted by Crippen LogP contribution is 2.20. The summed E-state index contributed by atoms with van der Waals surface area (Å²) in [7, 11) is 0. The molecule has 1 saturated heterocycles. The lowest BCUT2D eigenvalue weighted by Crippen LogP contribution is -2.36. The van der Waals surface area contributed by atoms with Crippen LogP contribution in [0.15, 0.2) is 48.5 Å². The quantitative estimate of drug-likeness (QED) is 0.810. The lowest BCUT2D eigenvalue weighted by molar-refractivity contribution is -0.116. The fraction of sp³-hybridized carbons (Fsp3) is 0.333. The number of aryl methyl sites for hydroxylation is 1. The number of hydrogen-bond acceptors (Lipinski definition) is 3. The first-order valence-electron chi connectivity index (χ1n) is 9.16. The normalized spacial score (nSPS) is 14.1. The van der Waals surface area contributed by atoms with Crippen molar-refractivity contribution in [2.75, 3.05) is 24.1 Å². The molecule has 1 aliphatic heterocycles. The molecule has 0 unspecified atom stereocenters. The molecule has 0 radical (unpaired) electrons. The summed E-state index contributed by atoms with van der Waals surface area (Å²) in [6, 6.07) is 14.8. The van der Waals surface area contributed by atoms with Crippen LogP contribution in [0.3, 0.4) is 0 Å². The van der Waals surface area contributed by atoms with E-state index < -0.39 is 0 Å². The van der Waals surface area contributed by atoms with Crippen LogP contribution in [0.2, 0.25) is 0 Å². The van der Waals surface area contributed by atoms with Gasteiger partial charge in [-0.1, -0.05) is 24.3 Å². The molecule has 2 amide bonds. The van der Waals surface area contributed by atoms with Gasteiger partial charge in [-0.25, -0.2) is 0 Å². The van der Waals surface area contributed by atoms with Gasteiger partial charge in [-0.05, 0) is 55.5 Å². The van der Waals surface area contributed by atoms with Crippen LogP contribution >= 0.6 is 0 Å². The molecule has 26 heavy (non-hydrogen) atoms. The van der Waals surface area contributed by atoms with Crippen LogP contribution in [0.5, 0.6) is 0 Å². The van der Waals surface area contributed by atoms with Gasteiger partial charge in [-0.15, -0.1) is 0 Å². The van der Waals surface area contributed by atoms with E-state index >= 15 is 0 Å². The number of nitrogens with one attached hydrogen (secondary N) is 1. The van der Waals surface area contributed by atoms with E-state index in [9.17, 15) is 9.59 Å². The first-order valence-corrected chi connectivity index (χ1v) is 9.16. The number of nitrogens with zero attached hydrogens (tertiary/aromatic N) is 1. The third-order valence-electron chi connectivity index (χ3n) is 4.70. The van der Waals surface area contributed by atoms with E-state index in [2.05, 4.69) is 5.32 Å². The monoisotopic (exact) mass is 351 g/mol. The third kappa shape index (κ3) is 4.63. The van der Waals surface area contributed by atoms with Crippen molar-refractivity contribution in [3.05, 3.63) is 59.7 Å². The Labute approximate surface area is 154 Å². The Morgan fingerprint density at radius 1 is 0.962 bits per heavy atom. The molecular formula is C21H25N3O2. The minimum absolute atomic E-state index is 0.000801. The van der Waals surface area contributed by atoms with Crippen LogP contribution in [0.1, 0.15) is 41.6 Å². The van der Waals surface area contributed by atoms with Gasteiger partial charge in [-0.3, -0.25) is 9.59 Å². The highest BCUT2D eigenvalue weighted by molar-refractivity contribution is 6.03. The molecule has 0 atom stereocenters. The Morgan fingerprint density at radius 2 is 1.65 bits per heavy atom. The maximum absolute atomic E-state index is 12.8. The maximum Gasteiger partial charge on any atom is 0.255 e. The molecule has 1 heterocycles. The van der Waals surface area contributed by atoms with E-state index in [0.29, 0.717) is 29.8 Å². The molecule has 136 valence electrons. The predicted molar refractivity (Wildman–Crippen MR) is 104 cm³/mol. The van der Waals surface area contributed by atoms with Crippen LogP contribution in [0, 0.1) is 0 Å². The van der Waals surface area contributed by atoms with Crippen LogP contribution in [-0.2, 0) is 11.2 Å². The summed E-state index contributed by atoms with van der Waals surface area (Å²) >= 11 is 0. The van der Waals surface area contributed by atoms with Gasteiger partial charge in [0.05, 0.1) is 11.3 Å². The number of benzene rings is 2. The molecule has 5 heteroatoms. The second kappa shape index (κ2) is 8.52. The third-order valence-corrected chi connectivity index (χ3v) is 4.70. The summed E-state index contributed by atoms with van der Waals surface area (Å²) in [5.74, 6) is -0.0974. The molecule has 1 aliphatic rings. The highest BCUT2D eigenvalue weighted by Gasteiger charge is 2.21. The molecule has 3 N–H and O–H groups in total. The highest BCUT2D eigenvalue weighted by atomic mass is 16.2. The maximum atomic E-state index is 12.8. The number of anilines is 2. The average molecular weight is 351 g/mol. The molecule has 5 nitrogen and oxygen atoms in total. The molecule has 0 saturated carbocycles. The van der Waals surface area contributed by atoms with Crippen LogP contribution in [0.4, 0.5) is 11.4 Å². The summed E-state index contributed by atoms with van der Waals surface area (Å²) in [6.45, 7) is 1.58. The Balaban J connectivity index is 1.62. The number of piperidine rings is 1. The van der Waals surface area contributed by atoms with Crippen molar-refractivity contribution in [3.8, 4) is 0 Å². The summed E-state index contributed by atoms with van der Waals surface area (Å²) < 4.78 is 0. The minimum Gasteiger partial charge on any atom is -0.399 e. The first kappa shape index (κ1) is 18.0. The summed E-state index contributed by atoms with van der Waals surface area (Å²) in [5, 5.41) is 2.90. The van der Waals surface area contributed by atoms with E-state index in [1.165, 1.54) is 6.42 Å². The SMILES string of the molecule is Nc1ccc(CCC(=O)Nc2ccccc2C(=O)N2CCCCC2)cc1. The minimum atomic E-state index is -0.0966. The molecule has 2 aromatic carbocycles.